The first-order valence-corrected chi connectivity index (χ1v) is 12.3. The van der Waals surface area contributed by atoms with E-state index in [-0.39, 0.29) is 11.3 Å². The molecule has 10 heteroatoms. The van der Waals surface area contributed by atoms with Crippen molar-refractivity contribution in [1.82, 2.24) is 9.55 Å². The molecular weight excluding hydrogens is 514 g/mol. The van der Waals surface area contributed by atoms with Crippen LogP contribution in [0.5, 0.6) is 5.75 Å². The highest BCUT2D eigenvalue weighted by atomic mass is 35.5. The van der Waals surface area contributed by atoms with Crippen LogP contribution in [-0.2, 0) is 16.6 Å². The van der Waals surface area contributed by atoms with Crippen LogP contribution < -0.4 is 15.6 Å². The summed E-state index contributed by atoms with van der Waals surface area (Å²) in [5.41, 5.74) is 1.58. The maximum absolute atomic E-state index is 13.3. The molecule has 3 aromatic carbocycles. The summed E-state index contributed by atoms with van der Waals surface area (Å²) in [6.45, 7) is -0.556. The minimum Gasteiger partial charge on any atom is -0.497 e. The standard InChI is InChI=1S/C27H20ClN3O5S/c1-31-24(23(15-7-9-16(28)10-8-15)18-5-3-4-6-19(18)25(31)33)26(34)36-14-22(32)30-27-29-20-12-11-17(35-2)13-21(20)37-27/h3-13H,14H2,1-2H3,(H,29,30,32). The summed E-state index contributed by atoms with van der Waals surface area (Å²) in [7, 11) is 3.07. The number of aromatic nitrogens is 2. The van der Waals surface area contributed by atoms with Gasteiger partial charge in [-0.25, -0.2) is 9.78 Å². The summed E-state index contributed by atoms with van der Waals surface area (Å²) in [5, 5.41) is 4.60. The van der Waals surface area contributed by atoms with Gasteiger partial charge in [-0.05, 0) is 47.3 Å². The van der Waals surface area contributed by atoms with E-state index < -0.39 is 18.5 Å². The molecule has 5 rings (SSSR count). The van der Waals surface area contributed by atoms with Gasteiger partial charge in [0, 0.05) is 23.0 Å². The predicted molar refractivity (Wildman–Crippen MR) is 145 cm³/mol. The molecule has 0 saturated carbocycles. The summed E-state index contributed by atoms with van der Waals surface area (Å²) in [6.07, 6.45) is 0. The lowest BCUT2D eigenvalue weighted by Gasteiger charge is -2.16. The number of benzene rings is 3. The molecule has 0 aliphatic heterocycles. The maximum Gasteiger partial charge on any atom is 0.356 e. The normalized spacial score (nSPS) is 11.0. The Kier molecular flexibility index (Phi) is 6.64. The zero-order chi connectivity index (χ0) is 26.1. The summed E-state index contributed by atoms with van der Waals surface area (Å²) in [6, 6.07) is 19.3. The number of fused-ring (bicyclic) bond motifs is 2. The second-order valence-corrected chi connectivity index (χ2v) is 9.58. The van der Waals surface area contributed by atoms with Crippen molar-refractivity contribution in [3.05, 3.63) is 87.8 Å². The van der Waals surface area contributed by atoms with Crippen LogP contribution in [0.4, 0.5) is 5.13 Å². The smallest absolute Gasteiger partial charge is 0.356 e. The van der Waals surface area contributed by atoms with E-state index in [9.17, 15) is 14.4 Å². The van der Waals surface area contributed by atoms with E-state index >= 15 is 0 Å². The van der Waals surface area contributed by atoms with Crippen LogP contribution in [0, 0.1) is 0 Å². The van der Waals surface area contributed by atoms with E-state index in [2.05, 4.69) is 10.3 Å². The van der Waals surface area contributed by atoms with Crippen molar-refractivity contribution >= 4 is 60.9 Å². The molecule has 8 nitrogen and oxygen atoms in total. The zero-order valence-corrected chi connectivity index (χ0v) is 21.4. The summed E-state index contributed by atoms with van der Waals surface area (Å²) >= 11 is 7.34. The van der Waals surface area contributed by atoms with Crippen molar-refractivity contribution in [3.8, 4) is 16.9 Å². The van der Waals surface area contributed by atoms with Crippen LogP contribution in [0.25, 0.3) is 32.1 Å². The topological polar surface area (TPSA) is 99.5 Å². The number of esters is 1. The average Bonchev–Trinajstić information content (AvgIpc) is 3.31. The van der Waals surface area contributed by atoms with E-state index in [1.165, 1.54) is 23.0 Å². The number of ether oxygens (including phenoxy) is 2. The Labute approximate surface area is 220 Å². The molecule has 0 aliphatic carbocycles. The predicted octanol–water partition coefficient (Wildman–Crippen LogP) is 5.27. The third kappa shape index (κ3) is 4.78. The maximum atomic E-state index is 13.3. The van der Waals surface area contributed by atoms with Gasteiger partial charge in [0.05, 0.1) is 17.3 Å². The van der Waals surface area contributed by atoms with Crippen LogP contribution in [-0.4, -0.2) is 35.1 Å². The summed E-state index contributed by atoms with van der Waals surface area (Å²) in [4.78, 5) is 43.3. The minimum atomic E-state index is -0.806. The number of carbonyl (C=O) groups excluding carboxylic acids is 2. The van der Waals surface area contributed by atoms with Crippen LogP contribution >= 0.6 is 22.9 Å². The average molecular weight is 534 g/mol. The second kappa shape index (κ2) is 10.0. The molecule has 0 atom stereocenters. The number of rotatable bonds is 6. The molecule has 0 saturated heterocycles. The van der Waals surface area contributed by atoms with Gasteiger partial charge in [0.15, 0.2) is 11.7 Å². The number of halogens is 1. The van der Waals surface area contributed by atoms with Gasteiger partial charge >= 0.3 is 5.97 Å². The van der Waals surface area contributed by atoms with Gasteiger partial charge < -0.3 is 14.0 Å². The summed E-state index contributed by atoms with van der Waals surface area (Å²) < 4.78 is 12.7. The molecule has 0 radical (unpaired) electrons. The molecule has 2 aromatic heterocycles. The van der Waals surface area contributed by atoms with Gasteiger partial charge in [-0.1, -0.05) is 53.3 Å². The molecule has 0 spiro atoms. The molecule has 37 heavy (non-hydrogen) atoms. The fourth-order valence-corrected chi connectivity index (χ4v) is 5.09. The van der Waals surface area contributed by atoms with E-state index in [1.807, 2.05) is 6.07 Å². The lowest BCUT2D eigenvalue weighted by Crippen LogP contribution is -2.28. The Morgan fingerprint density at radius 3 is 2.51 bits per heavy atom. The molecular formula is C27H20ClN3O5S. The fraction of sp³-hybridized carbons (Fsp3) is 0.111. The Morgan fingerprint density at radius 2 is 1.78 bits per heavy atom. The number of thiazole rings is 1. The van der Waals surface area contributed by atoms with Gasteiger partial charge in [-0.3, -0.25) is 14.9 Å². The first kappa shape index (κ1) is 24.5. The third-order valence-electron chi connectivity index (χ3n) is 5.81. The van der Waals surface area contributed by atoms with Crippen molar-refractivity contribution in [1.29, 1.82) is 0 Å². The van der Waals surface area contributed by atoms with Crippen molar-refractivity contribution in [2.24, 2.45) is 7.05 Å². The number of methoxy groups -OCH3 is 1. The Hall–Kier alpha value is -4.21. The van der Waals surface area contributed by atoms with E-state index in [0.717, 1.165) is 4.70 Å². The van der Waals surface area contributed by atoms with Gasteiger partial charge in [0.1, 0.15) is 11.4 Å². The third-order valence-corrected chi connectivity index (χ3v) is 6.99. The second-order valence-electron chi connectivity index (χ2n) is 8.12. The molecule has 0 bridgehead atoms. The van der Waals surface area contributed by atoms with Gasteiger partial charge in [-0.2, -0.15) is 0 Å². The molecule has 1 N–H and O–H groups in total. The number of amides is 1. The van der Waals surface area contributed by atoms with Crippen molar-refractivity contribution in [2.75, 3.05) is 19.0 Å². The van der Waals surface area contributed by atoms with Gasteiger partial charge in [0.25, 0.3) is 11.5 Å². The molecule has 0 fully saturated rings. The lowest BCUT2D eigenvalue weighted by atomic mass is 9.97. The monoisotopic (exact) mass is 533 g/mol. The molecule has 1 amide bonds. The molecule has 5 aromatic rings. The highest BCUT2D eigenvalue weighted by molar-refractivity contribution is 7.22. The minimum absolute atomic E-state index is 0.0332. The quantitative estimate of drug-likeness (QED) is 0.298. The van der Waals surface area contributed by atoms with Crippen molar-refractivity contribution in [2.45, 2.75) is 0 Å². The number of hydrogen-bond acceptors (Lipinski definition) is 7. The van der Waals surface area contributed by atoms with Gasteiger partial charge in [0.2, 0.25) is 0 Å². The number of anilines is 1. The van der Waals surface area contributed by atoms with E-state index in [4.69, 9.17) is 21.1 Å². The highest BCUT2D eigenvalue weighted by Crippen LogP contribution is 2.32. The fourth-order valence-electron chi connectivity index (χ4n) is 4.05. The molecule has 186 valence electrons. The number of nitrogens with one attached hydrogen (secondary N) is 1. The largest absolute Gasteiger partial charge is 0.497 e. The summed E-state index contributed by atoms with van der Waals surface area (Å²) in [5.74, 6) is -0.682. The first-order valence-electron chi connectivity index (χ1n) is 11.1. The Bertz CT molecular complexity index is 1730. The lowest BCUT2D eigenvalue weighted by molar-refractivity contribution is -0.119. The van der Waals surface area contributed by atoms with E-state index in [1.54, 1.807) is 67.8 Å². The van der Waals surface area contributed by atoms with Crippen molar-refractivity contribution in [3.63, 3.8) is 0 Å². The van der Waals surface area contributed by atoms with Crippen molar-refractivity contribution < 1.29 is 19.1 Å². The van der Waals surface area contributed by atoms with Crippen LogP contribution in [0.2, 0.25) is 5.02 Å². The zero-order valence-electron chi connectivity index (χ0n) is 19.8. The molecule has 2 heterocycles. The number of pyridine rings is 1. The SMILES string of the molecule is COc1ccc2nc(NC(=O)COC(=O)c3c(-c4ccc(Cl)cc4)c4ccccc4c(=O)n3C)sc2c1. The van der Waals surface area contributed by atoms with E-state index in [0.29, 0.717) is 43.3 Å². The number of hydrogen-bond donors (Lipinski definition) is 1. The number of carbonyl (C=O) groups is 2. The van der Waals surface area contributed by atoms with Crippen LogP contribution in [0.3, 0.4) is 0 Å². The van der Waals surface area contributed by atoms with Crippen LogP contribution in [0.1, 0.15) is 10.5 Å². The first-order chi connectivity index (χ1) is 17.9. The van der Waals surface area contributed by atoms with Gasteiger partial charge in [-0.15, -0.1) is 0 Å². The molecule has 0 unspecified atom stereocenters. The Morgan fingerprint density at radius 1 is 1.05 bits per heavy atom. The molecule has 0 aliphatic rings. The van der Waals surface area contributed by atoms with Crippen LogP contribution in [0.15, 0.2) is 71.5 Å². The number of nitrogens with zero attached hydrogens (tertiary/aromatic N) is 2. The Balaban J connectivity index is 1.43. The highest BCUT2D eigenvalue weighted by Gasteiger charge is 2.24.